The summed E-state index contributed by atoms with van der Waals surface area (Å²) in [6.07, 6.45) is 0.809. The van der Waals surface area contributed by atoms with Gasteiger partial charge in [-0.25, -0.2) is 8.42 Å². The van der Waals surface area contributed by atoms with E-state index in [9.17, 15) is 8.42 Å². The predicted molar refractivity (Wildman–Crippen MR) is 65.5 cm³/mol. The number of nitrogens with zero attached hydrogens (tertiary/aromatic N) is 2. The van der Waals surface area contributed by atoms with Crippen LogP contribution in [0.4, 0.5) is 0 Å². The minimum absolute atomic E-state index is 0.0869. The lowest BCUT2D eigenvalue weighted by Gasteiger charge is -2.18. The Hall–Kier alpha value is -0.890. The van der Waals surface area contributed by atoms with Gasteiger partial charge in [-0.05, 0) is 32.1 Å². The second-order valence-electron chi connectivity index (χ2n) is 4.44. The highest BCUT2D eigenvalue weighted by atomic mass is 32.2. The van der Waals surface area contributed by atoms with Crippen molar-refractivity contribution < 1.29 is 17.9 Å². The topological polar surface area (TPSA) is 74.0 Å². The van der Waals surface area contributed by atoms with E-state index in [1.807, 2.05) is 7.05 Å². The van der Waals surface area contributed by atoms with E-state index >= 15 is 0 Å². The first-order valence-electron chi connectivity index (χ1n) is 5.92. The van der Waals surface area contributed by atoms with Crippen molar-refractivity contribution in [3.8, 4) is 0 Å². The van der Waals surface area contributed by atoms with E-state index in [1.165, 1.54) is 16.4 Å². The molecule has 0 spiro atoms. The quantitative estimate of drug-likeness (QED) is 0.846. The van der Waals surface area contributed by atoms with Crippen LogP contribution in [-0.2, 0) is 16.6 Å². The Labute approximate surface area is 107 Å². The largest absolute Gasteiger partial charge is 0.446 e. The molecule has 102 valence electrons. The molecule has 1 saturated heterocycles. The summed E-state index contributed by atoms with van der Waals surface area (Å²) in [7, 11) is -1.59. The van der Waals surface area contributed by atoms with Crippen LogP contribution in [0.25, 0.3) is 0 Å². The molecule has 2 heterocycles. The molecule has 1 aliphatic heterocycles. The highest BCUT2D eigenvalue weighted by molar-refractivity contribution is 7.89. The molecule has 1 N–H and O–H groups in total. The molecule has 18 heavy (non-hydrogen) atoms. The number of rotatable bonds is 3. The lowest BCUT2D eigenvalue weighted by Crippen LogP contribution is -2.34. The number of furan rings is 1. The highest BCUT2D eigenvalue weighted by Gasteiger charge is 2.28. The monoisotopic (exact) mass is 274 g/mol. The second kappa shape index (κ2) is 5.40. The predicted octanol–water partition coefficient (Wildman–Crippen LogP) is 0.0981. The fourth-order valence-corrected chi connectivity index (χ4v) is 3.37. The van der Waals surface area contributed by atoms with Crippen molar-refractivity contribution >= 4 is 10.0 Å². The van der Waals surface area contributed by atoms with Crippen LogP contribution in [0.1, 0.15) is 12.2 Å². The maximum Gasteiger partial charge on any atom is 0.276 e. The molecule has 0 amide bonds. The Kier molecular flexibility index (Phi) is 4.06. The summed E-state index contributed by atoms with van der Waals surface area (Å²) >= 11 is 0. The standard InChI is InChI=1S/C11H18N2O4S/c1-12-5-2-6-13(8-7-12)18(15,16)11-4-3-10(9-14)17-11/h3-4,14H,2,5-9H2,1H3. The Morgan fingerprint density at radius 3 is 2.72 bits per heavy atom. The van der Waals surface area contributed by atoms with E-state index in [1.54, 1.807) is 0 Å². The summed E-state index contributed by atoms with van der Waals surface area (Å²) < 4.78 is 31.2. The third kappa shape index (κ3) is 2.74. The maximum atomic E-state index is 12.3. The molecule has 0 bridgehead atoms. The summed E-state index contributed by atoms with van der Waals surface area (Å²) in [6, 6.07) is 2.88. The minimum atomic E-state index is -3.57. The molecule has 2 rings (SSSR count). The SMILES string of the molecule is CN1CCCN(S(=O)(=O)c2ccc(CO)o2)CC1. The van der Waals surface area contributed by atoms with E-state index in [4.69, 9.17) is 9.52 Å². The van der Waals surface area contributed by atoms with Gasteiger partial charge in [0.2, 0.25) is 5.09 Å². The van der Waals surface area contributed by atoms with Crippen LogP contribution in [0.2, 0.25) is 0 Å². The molecule has 6 nitrogen and oxygen atoms in total. The number of sulfonamides is 1. The summed E-state index contributed by atoms with van der Waals surface area (Å²) in [5.74, 6) is 0.264. The highest BCUT2D eigenvalue weighted by Crippen LogP contribution is 2.20. The van der Waals surface area contributed by atoms with Crippen molar-refractivity contribution in [2.75, 3.05) is 33.2 Å². The Morgan fingerprint density at radius 2 is 2.06 bits per heavy atom. The van der Waals surface area contributed by atoms with Gasteiger partial charge in [0.05, 0.1) is 0 Å². The van der Waals surface area contributed by atoms with Crippen LogP contribution in [-0.4, -0.2) is 56.0 Å². The fourth-order valence-electron chi connectivity index (χ4n) is 1.97. The first kappa shape index (κ1) is 13.5. The van der Waals surface area contributed by atoms with Crippen LogP contribution in [0.15, 0.2) is 21.6 Å². The van der Waals surface area contributed by atoms with Gasteiger partial charge in [-0.1, -0.05) is 0 Å². The van der Waals surface area contributed by atoms with E-state index in [0.29, 0.717) is 19.6 Å². The van der Waals surface area contributed by atoms with Crippen LogP contribution in [0.3, 0.4) is 0 Å². The third-order valence-electron chi connectivity index (χ3n) is 3.07. The van der Waals surface area contributed by atoms with Gasteiger partial charge < -0.3 is 14.4 Å². The Morgan fingerprint density at radius 1 is 1.28 bits per heavy atom. The van der Waals surface area contributed by atoms with Gasteiger partial charge in [-0.2, -0.15) is 4.31 Å². The van der Waals surface area contributed by atoms with Gasteiger partial charge in [0.25, 0.3) is 10.0 Å². The van der Waals surface area contributed by atoms with Crippen LogP contribution < -0.4 is 0 Å². The third-order valence-corrected chi connectivity index (χ3v) is 4.84. The molecule has 0 saturated carbocycles. The summed E-state index contributed by atoms with van der Waals surface area (Å²) in [6.45, 7) is 2.28. The average molecular weight is 274 g/mol. The van der Waals surface area contributed by atoms with E-state index < -0.39 is 10.0 Å². The average Bonchev–Trinajstić information content (AvgIpc) is 2.72. The molecule has 1 aromatic heterocycles. The van der Waals surface area contributed by atoms with Crippen LogP contribution >= 0.6 is 0 Å². The molecular formula is C11H18N2O4S. The van der Waals surface area contributed by atoms with E-state index in [-0.39, 0.29) is 17.5 Å². The molecular weight excluding hydrogens is 256 g/mol. The van der Waals surface area contributed by atoms with Crippen molar-refractivity contribution in [3.05, 3.63) is 17.9 Å². The molecule has 0 aromatic carbocycles. The van der Waals surface area contributed by atoms with Gasteiger partial charge in [0.1, 0.15) is 12.4 Å². The van der Waals surface area contributed by atoms with Gasteiger partial charge in [0, 0.05) is 19.6 Å². The molecule has 0 atom stereocenters. The van der Waals surface area contributed by atoms with Gasteiger partial charge in [-0.15, -0.1) is 0 Å². The first-order valence-corrected chi connectivity index (χ1v) is 7.36. The molecule has 7 heteroatoms. The Balaban J connectivity index is 2.19. The minimum Gasteiger partial charge on any atom is -0.446 e. The molecule has 0 radical (unpaired) electrons. The van der Waals surface area contributed by atoms with Crippen molar-refractivity contribution in [1.82, 2.24) is 9.21 Å². The second-order valence-corrected chi connectivity index (χ2v) is 6.31. The smallest absolute Gasteiger partial charge is 0.276 e. The van der Waals surface area contributed by atoms with Gasteiger partial charge in [0.15, 0.2) is 0 Å². The normalized spacial score (nSPS) is 19.9. The number of likely N-dealkylation sites (N-methyl/N-ethyl adjacent to an activating group) is 1. The molecule has 0 unspecified atom stereocenters. The van der Waals surface area contributed by atoms with Crippen molar-refractivity contribution in [2.45, 2.75) is 18.1 Å². The van der Waals surface area contributed by atoms with Crippen LogP contribution in [0, 0.1) is 0 Å². The van der Waals surface area contributed by atoms with Gasteiger partial charge in [-0.3, -0.25) is 0 Å². The summed E-state index contributed by atoms with van der Waals surface area (Å²) in [5, 5.41) is 8.81. The van der Waals surface area contributed by atoms with Crippen LogP contribution in [0.5, 0.6) is 0 Å². The zero-order valence-corrected chi connectivity index (χ0v) is 11.2. The molecule has 0 aliphatic carbocycles. The first-order chi connectivity index (χ1) is 8.54. The number of aliphatic hydroxyl groups is 1. The zero-order valence-electron chi connectivity index (χ0n) is 10.4. The lowest BCUT2D eigenvalue weighted by molar-refractivity contribution is 0.235. The number of hydrogen-bond acceptors (Lipinski definition) is 5. The van der Waals surface area contributed by atoms with E-state index in [2.05, 4.69) is 4.90 Å². The summed E-state index contributed by atoms with van der Waals surface area (Å²) in [4.78, 5) is 2.11. The number of aliphatic hydroxyl groups excluding tert-OH is 1. The van der Waals surface area contributed by atoms with Crippen molar-refractivity contribution in [2.24, 2.45) is 0 Å². The molecule has 1 aromatic rings. The Bertz CT molecular complexity index is 497. The fraction of sp³-hybridized carbons (Fsp3) is 0.636. The summed E-state index contributed by atoms with van der Waals surface area (Å²) in [5.41, 5.74) is 0. The molecule has 1 aliphatic rings. The number of hydrogen-bond donors (Lipinski definition) is 1. The zero-order chi connectivity index (χ0) is 13.2. The van der Waals surface area contributed by atoms with Crippen molar-refractivity contribution in [3.63, 3.8) is 0 Å². The lowest BCUT2D eigenvalue weighted by atomic mass is 10.4. The maximum absolute atomic E-state index is 12.3. The van der Waals surface area contributed by atoms with Gasteiger partial charge >= 0.3 is 0 Å². The van der Waals surface area contributed by atoms with Crippen molar-refractivity contribution in [1.29, 1.82) is 0 Å². The molecule has 1 fully saturated rings. The van der Waals surface area contributed by atoms with E-state index in [0.717, 1.165) is 13.0 Å².